The van der Waals surface area contributed by atoms with Gasteiger partial charge in [0.05, 0.1) is 5.75 Å². The van der Waals surface area contributed by atoms with Gasteiger partial charge in [0.1, 0.15) is 0 Å². The van der Waals surface area contributed by atoms with Gasteiger partial charge in [-0.05, 0) is 20.4 Å². The second-order valence-electron chi connectivity index (χ2n) is 3.62. The first-order chi connectivity index (χ1) is 8.05. The molecule has 0 heterocycles. The van der Waals surface area contributed by atoms with Gasteiger partial charge in [0.25, 0.3) is 0 Å². The molecule has 0 aliphatic heterocycles. The quantitative estimate of drug-likeness (QED) is 0.443. The van der Waals surface area contributed by atoms with E-state index in [1.807, 2.05) is 13.8 Å². The number of rotatable bonds is 11. The van der Waals surface area contributed by atoms with Crippen LogP contribution in [0.3, 0.4) is 0 Å². The normalized spacial score (nSPS) is 12.2. The SMILES string of the molecule is CCOC(CCNCCS(=O)(=O)CC)OCC. The standard InChI is InChI=1S/C11H25NO4S/c1-4-15-11(16-5-2)7-8-12-9-10-17(13,14)6-3/h11-12H,4-10H2,1-3H3. The lowest BCUT2D eigenvalue weighted by Gasteiger charge is -2.16. The fourth-order valence-corrected chi connectivity index (χ4v) is 2.05. The molecule has 0 radical (unpaired) electrons. The molecule has 0 unspecified atom stereocenters. The summed E-state index contributed by atoms with van der Waals surface area (Å²) in [4.78, 5) is 0. The van der Waals surface area contributed by atoms with Crippen LogP contribution >= 0.6 is 0 Å². The smallest absolute Gasteiger partial charge is 0.158 e. The molecule has 17 heavy (non-hydrogen) atoms. The predicted molar refractivity (Wildman–Crippen MR) is 68.9 cm³/mol. The summed E-state index contributed by atoms with van der Waals surface area (Å²) in [7, 11) is -2.87. The fraction of sp³-hybridized carbons (Fsp3) is 1.00. The second kappa shape index (κ2) is 9.82. The Kier molecular flexibility index (Phi) is 9.72. The molecule has 1 N–H and O–H groups in total. The van der Waals surface area contributed by atoms with Crippen molar-refractivity contribution in [3.05, 3.63) is 0 Å². The molecule has 0 atom stereocenters. The Morgan fingerprint density at radius 3 is 2.12 bits per heavy atom. The minimum absolute atomic E-state index is 0.192. The van der Waals surface area contributed by atoms with Crippen molar-refractivity contribution in [2.45, 2.75) is 33.5 Å². The molecule has 0 rings (SSSR count). The van der Waals surface area contributed by atoms with E-state index in [1.54, 1.807) is 6.92 Å². The van der Waals surface area contributed by atoms with Crippen LogP contribution in [0.2, 0.25) is 0 Å². The van der Waals surface area contributed by atoms with Crippen molar-refractivity contribution in [2.75, 3.05) is 37.8 Å². The largest absolute Gasteiger partial charge is 0.353 e. The van der Waals surface area contributed by atoms with Crippen molar-refractivity contribution < 1.29 is 17.9 Å². The highest BCUT2D eigenvalue weighted by atomic mass is 32.2. The average molecular weight is 267 g/mol. The van der Waals surface area contributed by atoms with Crippen LogP contribution in [0.25, 0.3) is 0 Å². The van der Waals surface area contributed by atoms with Gasteiger partial charge in [-0.1, -0.05) is 6.92 Å². The van der Waals surface area contributed by atoms with E-state index in [4.69, 9.17) is 9.47 Å². The Morgan fingerprint density at radius 1 is 1.06 bits per heavy atom. The van der Waals surface area contributed by atoms with Crippen LogP contribution in [0.5, 0.6) is 0 Å². The molecule has 5 nitrogen and oxygen atoms in total. The van der Waals surface area contributed by atoms with Crippen LogP contribution in [0.4, 0.5) is 0 Å². The summed E-state index contributed by atoms with van der Waals surface area (Å²) >= 11 is 0. The first-order valence-electron chi connectivity index (χ1n) is 6.20. The van der Waals surface area contributed by atoms with Gasteiger partial charge in [-0.2, -0.15) is 0 Å². The van der Waals surface area contributed by atoms with Gasteiger partial charge < -0.3 is 14.8 Å². The molecule has 0 saturated carbocycles. The van der Waals surface area contributed by atoms with Crippen LogP contribution in [0.1, 0.15) is 27.2 Å². The Bertz CT molecular complexity index is 261. The number of nitrogens with one attached hydrogen (secondary N) is 1. The van der Waals surface area contributed by atoms with Crippen LogP contribution < -0.4 is 5.32 Å². The Balaban J connectivity index is 3.61. The van der Waals surface area contributed by atoms with Crippen LogP contribution in [0.15, 0.2) is 0 Å². The highest BCUT2D eigenvalue weighted by Crippen LogP contribution is 1.99. The maximum atomic E-state index is 11.2. The third-order valence-electron chi connectivity index (χ3n) is 2.29. The molecule has 0 aliphatic rings. The molecule has 0 saturated heterocycles. The Morgan fingerprint density at radius 2 is 1.65 bits per heavy atom. The van der Waals surface area contributed by atoms with Crippen LogP contribution in [-0.2, 0) is 19.3 Å². The molecule has 0 amide bonds. The molecule has 0 aromatic rings. The topological polar surface area (TPSA) is 64.6 Å². The zero-order chi connectivity index (χ0) is 13.1. The summed E-state index contributed by atoms with van der Waals surface area (Å²) in [5.41, 5.74) is 0. The molecule has 6 heteroatoms. The molecule has 0 fully saturated rings. The van der Waals surface area contributed by atoms with Crippen molar-refractivity contribution in [3.63, 3.8) is 0 Å². The van der Waals surface area contributed by atoms with Gasteiger partial charge in [-0.15, -0.1) is 0 Å². The summed E-state index contributed by atoms with van der Waals surface area (Å²) in [5.74, 6) is 0.395. The van der Waals surface area contributed by atoms with E-state index < -0.39 is 9.84 Å². The minimum atomic E-state index is -2.87. The fourth-order valence-electron chi connectivity index (χ4n) is 1.30. The molecule has 0 aromatic carbocycles. The molecule has 0 aromatic heterocycles. The van der Waals surface area contributed by atoms with E-state index in [0.29, 0.717) is 26.3 Å². The van der Waals surface area contributed by atoms with Gasteiger partial charge in [-0.25, -0.2) is 8.42 Å². The van der Waals surface area contributed by atoms with Crippen molar-refractivity contribution >= 4 is 9.84 Å². The van der Waals surface area contributed by atoms with Crippen molar-refractivity contribution in [1.29, 1.82) is 0 Å². The van der Waals surface area contributed by atoms with E-state index in [1.165, 1.54) is 0 Å². The maximum absolute atomic E-state index is 11.2. The molecular formula is C11H25NO4S. The summed E-state index contributed by atoms with van der Waals surface area (Å²) in [6.07, 6.45) is 0.536. The molecule has 0 aliphatic carbocycles. The predicted octanol–water partition coefficient (Wildman–Crippen LogP) is 0.800. The second-order valence-corrected chi connectivity index (χ2v) is 6.09. The summed E-state index contributed by atoms with van der Waals surface area (Å²) < 4.78 is 33.2. The lowest BCUT2D eigenvalue weighted by molar-refractivity contribution is -0.138. The molecule has 0 spiro atoms. The maximum Gasteiger partial charge on any atom is 0.158 e. The summed E-state index contributed by atoms with van der Waals surface area (Å²) in [6.45, 7) is 7.94. The third kappa shape index (κ3) is 9.52. The number of hydrogen-bond acceptors (Lipinski definition) is 5. The molecular weight excluding hydrogens is 242 g/mol. The minimum Gasteiger partial charge on any atom is -0.353 e. The monoisotopic (exact) mass is 267 g/mol. The highest BCUT2D eigenvalue weighted by Gasteiger charge is 2.08. The lowest BCUT2D eigenvalue weighted by Crippen LogP contribution is -2.28. The van der Waals surface area contributed by atoms with E-state index >= 15 is 0 Å². The highest BCUT2D eigenvalue weighted by molar-refractivity contribution is 7.91. The van der Waals surface area contributed by atoms with Crippen molar-refractivity contribution in [3.8, 4) is 0 Å². The van der Waals surface area contributed by atoms with Gasteiger partial charge in [0, 0.05) is 31.9 Å². The zero-order valence-electron chi connectivity index (χ0n) is 11.1. The van der Waals surface area contributed by atoms with E-state index in [2.05, 4.69) is 5.32 Å². The number of ether oxygens (including phenoxy) is 2. The third-order valence-corrected chi connectivity index (χ3v) is 4.00. The van der Waals surface area contributed by atoms with Crippen molar-refractivity contribution in [1.82, 2.24) is 5.32 Å². The molecule has 0 bridgehead atoms. The van der Waals surface area contributed by atoms with Crippen LogP contribution in [0, 0.1) is 0 Å². The lowest BCUT2D eigenvalue weighted by atomic mass is 10.4. The van der Waals surface area contributed by atoms with E-state index in [9.17, 15) is 8.42 Å². The first kappa shape index (κ1) is 16.8. The molecule has 104 valence electrons. The van der Waals surface area contributed by atoms with E-state index in [0.717, 1.165) is 6.42 Å². The van der Waals surface area contributed by atoms with Gasteiger partial charge >= 0.3 is 0 Å². The van der Waals surface area contributed by atoms with Gasteiger partial charge in [0.15, 0.2) is 16.1 Å². The van der Waals surface area contributed by atoms with Crippen LogP contribution in [-0.4, -0.2) is 52.5 Å². The summed E-state index contributed by atoms with van der Waals surface area (Å²) in [6, 6.07) is 0. The Hall–Kier alpha value is -0.170. The Labute approximate surface area is 105 Å². The summed E-state index contributed by atoms with van der Waals surface area (Å²) in [5, 5.41) is 3.08. The van der Waals surface area contributed by atoms with E-state index in [-0.39, 0.29) is 17.8 Å². The number of sulfone groups is 1. The van der Waals surface area contributed by atoms with Crippen molar-refractivity contribution in [2.24, 2.45) is 0 Å². The zero-order valence-corrected chi connectivity index (χ0v) is 11.9. The van der Waals surface area contributed by atoms with Gasteiger partial charge in [0.2, 0.25) is 0 Å². The number of hydrogen-bond donors (Lipinski definition) is 1. The average Bonchev–Trinajstić information content (AvgIpc) is 2.29. The first-order valence-corrected chi connectivity index (χ1v) is 8.02. The van der Waals surface area contributed by atoms with Gasteiger partial charge in [-0.3, -0.25) is 0 Å².